The molecule has 3 nitrogen and oxygen atoms in total. The molecule has 21 heavy (non-hydrogen) atoms. The van der Waals surface area contributed by atoms with E-state index in [4.69, 9.17) is 5.73 Å². The third-order valence-electron chi connectivity index (χ3n) is 5.27. The number of likely N-dealkylation sites (tertiary alicyclic amines) is 1. The minimum atomic E-state index is 0.159. The first kappa shape index (κ1) is 14.6. The molecule has 1 aliphatic carbocycles. The maximum absolute atomic E-state index is 12.8. The minimum absolute atomic E-state index is 0.159. The zero-order valence-electron chi connectivity index (χ0n) is 13.1. The zero-order chi connectivity index (χ0) is 15.0. The second-order valence-corrected chi connectivity index (χ2v) is 6.80. The largest absolute Gasteiger partial charge is 0.335 e. The number of benzene rings is 1. The van der Waals surface area contributed by atoms with Crippen molar-refractivity contribution in [1.29, 1.82) is 0 Å². The Morgan fingerprint density at radius 3 is 2.67 bits per heavy atom. The van der Waals surface area contributed by atoms with Crippen LogP contribution in [0.3, 0.4) is 0 Å². The van der Waals surface area contributed by atoms with Gasteiger partial charge in [0.25, 0.3) is 0 Å². The summed E-state index contributed by atoms with van der Waals surface area (Å²) >= 11 is 0. The van der Waals surface area contributed by atoms with E-state index >= 15 is 0 Å². The van der Waals surface area contributed by atoms with Crippen LogP contribution in [0.1, 0.15) is 54.8 Å². The van der Waals surface area contributed by atoms with Crippen molar-refractivity contribution >= 4 is 5.91 Å². The van der Waals surface area contributed by atoms with E-state index in [0.717, 1.165) is 38.6 Å². The molecule has 114 valence electrons. The number of carbonyl (C=O) groups is 1. The Kier molecular flexibility index (Phi) is 4.03. The fourth-order valence-electron chi connectivity index (χ4n) is 3.82. The Morgan fingerprint density at radius 1 is 1.19 bits per heavy atom. The lowest BCUT2D eigenvalue weighted by Crippen LogP contribution is -2.35. The van der Waals surface area contributed by atoms with Gasteiger partial charge in [0.1, 0.15) is 0 Å². The Labute approximate surface area is 127 Å². The molecule has 3 heteroatoms. The predicted octanol–water partition coefficient (Wildman–Crippen LogP) is 3.09. The Balaban J connectivity index is 1.78. The highest BCUT2D eigenvalue weighted by Gasteiger charge is 2.36. The molecule has 1 amide bonds. The van der Waals surface area contributed by atoms with Crippen molar-refractivity contribution in [3.8, 4) is 0 Å². The maximum Gasteiger partial charge on any atom is 0.226 e. The summed E-state index contributed by atoms with van der Waals surface area (Å²) in [6.07, 6.45) is 5.04. The van der Waals surface area contributed by atoms with Gasteiger partial charge in [-0.25, -0.2) is 0 Å². The smallest absolute Gasteiger partial charge is 0.226 e. The number of amides is 1. The van der Waals surface area contributed by atoms with Crippen LogP contribution in [0.4, 0.5) is 0 Å². The van der Waals surface area contributed by atoms with Crippen LogP contribution < -0.4 is 5.73 Å². The van der Waals surface area contributed by atoms with Crippen molar-refractivity contribution in [2.24, 2.45) is 11.7 Å². The first-order valence-corrected chi connectivity index (χ1v) is 8.19. The summed E-state index contributed by atoms with van der Waals surface area (Å²) in [7, 11) is 0. The van der Waals surface area contributed by atoms with Crippen LogP contribution in [0, 0.1) is 19.8 Å². The molecule has 1 heterocycles. The third kappa shape index (κ3) is 2.84. The van der Waals surface area contributed by atoms with Gasteiger partial charge in [-0.3, -0.25) is 4.79 Å². The molecule has 0 bridgehead atoms. The van der Waals surface area contributed by atoms with Crippen LogP contribution in [0.25, 0.3) is 0 Å². The van der Waals surface area contributed by atoms with Gasteiger partial charge in [-0.2, -0.15) is 0 Å². The quantitative estimate of drug-likeness (QED) is 0.908. The van der Waals surface area contributed by atoms with E-state index in [9.17, 15) is 4.79 Å². The molecule has 1 saturated heterocycles. The normalized spacial score (nSPS) is 29.1. The molecule has 0 radical (unpaired) electrons. The number of aryl methyl sites for hydroxylation is 2. The van der Waals surface area contributed by atoms with Crippen molar-refractivity contribution in [3.63, 3.8) is 0 Å². The van der Waals surface area contributed by atoms with Gasteiger partial charge in [0, 0.05) is 18.5 Å². The summed E-state index contributed by atoms with van der Waals surface area (Å²) in [4.78, 5) is 14.9. The van der Waals surface area contributed by atoms with Crippen LogP contribution >= 0.6 is 0 Å². The summed E-state index contributed by atoms with van der Waals surface area (Å²) in [5.74, 6) is 0.496. The van der Waals surface area contributed by atoms with E-state index in [1.54, 1.807) is 0 Å². The number of hydrogen-bond donors (Lipinski definition) is 1. The van der Waals surface area contributed by atoms with E-state index in [1.807, 2.05) is 0 Å². The van der Waals surface area contributed by atoms with Crippen molar-refractivity contribution in [3.05, 3.63) is 34.9 Å². The number of nitrogens with zero attached hydrogens (tertiary/aromatic N) is 1. The molecule has 1 aromatic carbocycles. The maximum atomic E-state index is 12.8. The number of rotatable bonds is 2. The number of carbonyl (C=O) groups excluding carboxylic acids is 1. The summed E-state index contributed by atoms with van der Waals surface area (Å²) < 4.78 is 0. The molecule has 2 fully saturated rings. The van der Waals surface area contributed by atoms with Gasteiger partial charge in [0.15, 0.2) is 0 Å². The number of nitrogens with two attached hydrogens (primary N) is 1. The second kappa shape index (κ2) is 5.80. The van der Waals surface area contributed by atoms with Gasteiger partial charge in [-0.05, 0) is 62.6 Å². The topological polar surface area (TPSA) is 46.3 Å². The monoisotopic (exact) mass is 286 g/mol. The van der Waals surface area contributed by atoms with E-state index in [-0.39, 0.29) is 18.0 Å². The van der Waals surface area contributed by atoms with Gasteiger partial charge in [0.2, 0.25) is 5.91 Å². The molecule has 1 aromatic rings. The van der Waals surface area contributed by atoms with Crippen LogP contribution in [0.2, 0.25) is 0 Å². The molecule has 0 unspecified atom stereocenters. The van der Waals surface area contributed by atoms with Gasteiger partial charge in [0.05, 0.1) is 6.04 Å². The van der Waals surface area contributed by atoms with Gasteiger partial charge >= 0.3 is 0 Å². The van der Waals surface area contributed by atoms with Crippen LogP contribution in [0.15, 0.2) is 18.2 Å². The lowest BCUT2D eigenvalue weighted by molar-refractivity contribution is -0.136. The zero-order valence-corrected chi connectivity index (χ0v) is 13.1. The van der Waals surface area contributed by atoms with Crippen molar-refractivity contribution < 1.29 is 4.79 Å². The molecular formula is C18H26N2O. The standard InChI is InChI=1S/C18H26N2O/c1-12-5-6-14(10-13(12)2)17-4-3-9-20(17)18(21)15-7-8-16(19)11-15/h5-6,10,15-17H,3-4,7-9,11,19H2,1-2H3/t15-,16+,17-/m0/s1. The van der Waals surface area contributed by atoms with Crippen LogP contribution in [-0.2, 0) is 4.79 Å². The highest BCUT2D eigenvalue weighted by molar-refractivity contribution is 5.80. The SMILES string of the molecule is Cc1ccc([C@@H]2CCCN2C(=O)[C@H]2CC[C@@H](N)C2)cc1C. The summed E-state index contributed by atoms with van der Waals surface area (Å²) in [5, 5.41) is 0. The molecule has 0 spiro atoms. The van der Waals surface area contributed by atoms with E-state index < -0.39 is 0 Å². The summed E-state index contributed by atoms with van der Waals surface area (Å²) in [6.45, 7) is 5.19. The Morgan fingerprint density at radius 2 is 2.00 bits per heavy atom. The molecule has 1 saturated carbocycles. The van der Waals surface area contributed by atoms with Crippen molar-refractivity contribution in [2.45, 2.75) is 58.0 Å². The highest BCUT2D eigenvalue weighted by Crippen LogP contribution is 2.36. The highest BCUT2D eigenvalue weighted by atomic mass is 16.2. The lowest BCUT2D eigenvalue weighted by atomic mass is 9.98. The van der Waals surface area contributed by atoms with Gasteiger partial charge < -0.3 is 10.6 Å². The molecule has 3 atom stereocenters. The second-order valence-electron chi connectivity index (χ2n) is 6.80. The summed E-state index contributed by atoms with van der Waals surface area (Å²) in [5.41, 5.74) is 9.90. The third-order valence-corrected chi connectivity index (χ3v) is 5.27. The van der Waals surface area contributed by atoms with Crippen LogP contribution in [-0.4, -0.2) is 23.4 Å². The van der Waals surface area contributed by atoms with E-state index in [2.05, 4.69) is 36.9 Å². The Bertz CT molecular complexity index is 540. The fraction of sp³-hybridized carbons (Fsp3) is 0.611. The first-order chi connectivity index (χ1) is 10.1. The minimum Gasteiger partial charge on any atom is -0.335 e. The molecule has 1 aliphatic heterocycles. The lowest BCUT2D eigenvalue weighted by Gasteiger charge is -2.28. The first-order valence-electron chi connectivity index (χ1n) is 8.19. The molecular weight excluding hydrogens is 260 g/mol. The molecule has 0 aromatic heterocycles. The molecule has 2 N–H and O–H groups in total. The van der Waals surface area contributed by atoms with Crippen molar-refractivity contribution in [1.82, 2.24) is 4.90 Å². The number of hydrogen-bond acceptors (Lipinski definition) is 2. The predicted molar refractivity (Wildman–Crippen MR) is 84.9 cm³/mol. The van der Waals surface area contributed by atoms with Gasteiger partial charge in [-0.1, -0.05) is 18.2 Å². The van der Waals surface area contributed by atoms with E-state index in [1.165, 1.54) is 16.7 Å². The average molecular weight is 286 g/mol. The van der Waals surface area contributed by atoms with E-state index in [0.29, 0.717) is 5.91 Å². The fourth-order valence-corrected chi connectivity index (χ4v) is 3.82. The summed E-state index contributed by atoms with van der Waals surface area (Å²) in [6, 6.07) is 7.12. The molecule has 2 aliphatic rings. The van der Waals surface area contributed by atoms with Crippen LogP contribution in [0.5, 0.6) is 0 Å². The van der Waals surface area contributed by atoms with Gasteiger partial charge in [-0.15, -0.1) is 0 Å². The van der Waals surface area contributed by atoms with Crippen molar-refractivity contribution in [2.75, 3.05) is 6.54 Å². The average Bonchev–Trinajstić information content (AvgIpc) is 3.10. The Hall–Kier alpha value is -1.35. The molecule has 3 rings (SSSR count).